The number of nitrogens with one attached hydrogen (secondary N) is 1. The van der Waals surface area contributed by atoms with Crippen LogP contribution < -0.4 is 5.32 Å². The number of halogens is 2. The molecular weight excluding hydrogens is 349 g/mol. The molecule has 0 aromatic heterocycles. The minimum atomic E-state index is 0.0306. The molecule has 0 aliphatic carbocycles. The van der Waals surface area contributed by atoms with E-state index in [1.807, 2.05) is 36.4 Å². The van der Waals surface area contributed by atoms with Crippen molar-refractivity contribution in [1.29, 1.82) is 10.5 Å². The van der Waals surface area contributed by atoms with Crippen molar-refractivity contribution in [3.63, 3.8) is 0 Å². The molecule has 0 aliphatic heterocycles. The average Bonchev–Trinajstić information content (AvgIpc) is 2.58. The molecule has 0 radical (unpaired) electrons. The predicted octanol–water partition coefficient (Wildman–Crippen LogP) is 5.63. The normalized spacial score (nSPS) is 9.57. The van der Waals surface area contributed by atoms with E-state index < -0.39 is 0 Å². The third-order valence-electron chi connectivity index (χ3n) is 2.87. The van der Waals surface area contributed by atoms with Crippen LogP contribution in [0.1, 0.15) is 5.56 Å². The zero-order valence-corrected chi connectivity index (χ0v) is 14.2. The Bertz CT molecular complexity index is 786. The molecule has 2 aromatic rings. The van der Waals surface area contributed by atoms with Crippen LogP contribution in [-0.2, 0) is 5.75 Å². The maximum Gasteiger partial charge on any atom is 0.145 e. The Balaban J connectivity index is 1.95. The van der Waals surface area contributed by atoms with Gasteiger partial charge in [0.1, 0.15) is 17.7 Å². The molecule has 0 bridgehead atoms. The highest BCUT2D eigenvalue weighted by Crippen LogP contribution is 2.28. The first-order chi connectivity index (χ1) is 11.1. The number of hydrogen-bond acceptors (Lipinski definition) is 4. The maximum atomic E-state index is 8.66. The van der Waals surface area contributed by atoms with Gasteiger partial charge in [0.05, 0.1) is 10.0 Å². The summed E-state index contributed by atoms with van der Waals surface area (Å²) in [7, 11) is 0. The lowest BCUT2D eigenvalue weighted by atomic mass is 10.2. The van der Waals surface area contributed by atoms with E-state index in [-0.39, 0.29) is 5.57 Å². The van der Waals surface area contributed by atoms with Crippen LogP contribution in [0.15, 0.2) is 59.1 Å². The second-order valence-corrected chi connectivity index (χ2v) is 6.35. The van der Waals surface area contributed by atoms with E-state index >= 15 is 0 Å². The molecule has 0 spiro atoms. The van der Waals surface area contributed by atoms with Crippen LogP contribution in [0.4, 0.5) is 5.69 Å². The Labute approximate surface area is 149 Å². The number of anilines is 1. The van der Waals surface area contributed by atoms with Crippen LogP contribution in [0.5, 0.6) is 0 Å². The molecule has 23 heavy (non-hydrogen) atoms. The van der Waals surface area contributed by atoms with Crippen molar-refractivity contribution in [2.75, 3.05) is 5.32 Å². The molecular formula is C17H11Cl2N3S. The standard InChI is InChI=1S/C17H11Cl2N3S/c18-16-6-1-12(7-17(16)19)11-23-15-4-2-14(3-5-15)22-10-13(8-20)9-21/h1-7,10,22H,11H2. The van der Waals surface area contributed by atoms with Gasteiger partial charge in [0.15, 0.2) is 0 Å². The highest BCUT2D eigenvalue weighted by molar-refractivity contribution is 7.98. The summed E-state index contributed by atoms with van der Waals surface area (Å²) >= 11 is 13.6. The van der Waals surface area contributed by atoms with Crippen molar-refractivity contribution in [3.8, 4) is 12.1 Å². The molecule has 3 nitrogen and oxygen atoms in total. The average molecular weight is 360 g/mol. The van der Waals surface area contributed by atoms with Gasteiger partial charge in [0, 0.05) is 22.5 Å². The topological polar surface area (TPSA) is 59.6 Å². The molecule has 1 N–H and O–H groups in total. The van der Waals surface area contributed by atoms with Gasteiger partial charge in [-0.2, -0.15) is 10.5 Å². The van der Waals surface area contributed by atoms with E-state index in [9.17, 15) is 0 Å². The minimum Gasteiger partial charge on any atom is -0.360 e. The molecule has 6 heteroatoms. The van der Waals surface area contributed by atoms with Crippen molar-refractivity contribution >= 4 is 40.7 Å². The third kappa shape index (κ3) is 5.23. The Morgan fingerprint density at radius 2 is 1.74 bits per heavy atom. The summed E-state index contributed by atoms with van der Waals surface area (Å²) in [6.07, 6.45) is 1.39. The van der Waals surface area contributed by atoms with Crippen LogP contribution in [-0.4, -0.2) is 0 Å². The Morgan fingerprint density at radius 1 is 1.04 bits per heavy atom. The number of nitriles is 2. The highest BCUT2D eigenvalue weighted by atomic mass is 35.5. The van der Waals surface area contributed by atoms with E-state index in [2.05, 4.69) is 5.32 Å². The van der Waals surface area contributed by atoms with E-state index in [1.54, 1.807) is 30.0 Å². The summed E-state index contributed by atoms with van der Waals surface area (Å²) in [5.74, 6) is 0.788. The largest absolute Gasteiger partial charge is 0.360 e. The molecule has 0 saturated carbocycles. The van der Waals surface area contributed by atoms with E-state index in [0.29, 0.717) is 10.0 Å². The Kier molecular flexibility index (Phi) is 6.38. The number of allylic oxidation sites excluding steroid dienone is 1. The highest BCUT2D eigenvalue weighted by Gasteiger charge is 2.01. The lowest BCUT2D eigenvalue weighted by Gasteiger charge is -2.05. The third-order valence-corrected chi connectivity index (χ3v) is 4.69. The number of nitrogens with zero attached hydrogens (tertiary/aromatic N) is 2. The maximum absolute atomic E-state index is 8.66. The van der Waals surface area contributed by atoms with Gasteiger partial charge >= 0.3 is 0 Å². The molecule has 114 valence electrons. The first kappa shape index (κ1) is 17.2. The molecule has 0 atom stereocenters. The van der Waals surface area contributed by atoms with Crippen LogP contribution in [0.2, 0.25) is 10.0 Å². The van der Waals surface area contributed by atoms with Crippen LogP contribution in [0.3, 0.4) is 0 Å². The second kappa shape index (κ2) is 8.50. The van der Waals surface area contributed by atoms with Gasteiger partial charge in [-0.05, 0) is 42.0 Å². The smallest absolute Gasteiger partial charge is 0.145 e. The van der Waals surface area contributed by atoms with Crippen LogP contribution in [0, 0.1) is 22.7 Å². The number of thioether (sulfide) groups is 1. The van der Waals surface area contributed by atoms with Crippen LogP contribution in [0.25, 0.3) is 0 Å². The first-order valence-corrected chi connectivity index (χ1v) is 8.30. The number of rotatable bonds is 5. The van der Waals surface area contributed by atoms with Crippen molar-refractivity contribution in [1.82, 2.24) is 0 Å². The summed E-state index contributed by atoms with van der Waals surface area (Å²) in [5, 5.41) is 21.3. The first-order valence-electron chi connectivity index (χ1n) is 6.56. The van der Waals surface area contributed by atoms with Crippen molar-refractivity contribution in [3.05, 3.63) is 69.8 Å². The minimum absolute atomic E-state index is 0.0306. The molecule has 0 aliphatic rings. The lowest BCUT2D eigenvalue weighted by molar-refractivity contribution is 1.38. The molecule has 0 fully saturated rings. The van der Waals surface area contributed by atoms with Gasteiger partial charge in [-0.3, -0.25) is 0 Å². The molecule has 2 aromatic carbocycles. The quantitative estimate of drug-likeness (QED) is 0.555. The Morgan fingerprint density at radius 3 is 2.35 bits per heavy atom. The number of hydrogen-bond donors (Lipinski definition) is 1. The fourth-order valence-electron chi connectivity index (χ4n) is 1.69. The van der Waals surface area contributed by atoms with Crippen molar-refractivity contribution < 1.29 is 0 Å². The molecule has 0 unspecified atom stereocenters. The van der Waals surface area contributed by atoms with Crippen molar-refractivity contribution in [2.24, 2.45) is 0 Å². The van der Waals surface area contributed by atoms with Gasteiger partial charge in [0.2, 0.25) is 0 Å². The lowest BCUT2D eigenvalue weighted by Crippen LogP contribution is -1.89. The van der Waals surface area contributed by atoms with E-state index in [0.717, 1.165) is 21.9 Å². The van der Waals surface area contributed by atoms with E-state index in [1.165, 1.54) is 6.20 Å². The summed E-state index contributed by atoms with van der Waals surface area (Å²) < 4.78 is 0. The fourth-order valence-corrected chi connectivity index (χ4v) is 2.85. The number of benzene rings is 2. The summed E-state index contributed by atoms with van der Waals surface area (Å²) in [6.45, 7) is 0. The van der Waals surface area contributed by atoms with Crippen LogP contribution >= 0.6 is 35.0 Å². The van der Waals surface area contributed by atoms with Crippen molar-refractivity contribution in [2.45, 2.75) is 10.6 Å². The van der Waals surface area contributed by atoms with Gasteiger partial charge in [-0.15, -0.1) is 11.8 Å². The van der Waals surface area contributed by atoms with Gasteiger partial charge in [0.25, 0.3) is 0 Å². The monoisotopic (exact) mass is 359 g/mol. The summed E-state index contributed by atoms with van der Waals surface area (Å²) in [5.41, 5.74) is 1.94. The van der Waals surface area contributed by atoms with Gasteiger partial charge in [-0.1, -0.05) is 29.3 Å². The van der Waals surface area contributed by atoms with Gasteiger partial charge in [-0.25, -0.2) is 0 Å². The molecule has 0 saturated heterocycles. The zero-order valence-electron chi connectivity index (χ0n) is 11.9. The summed E-state index contributed by atoms with van der Waals surface area (Å²) in [6, 6.07) is 16.9. The molecule has 0 heterocycles. The zero-order chi connectivity index (χ0) is 16.7. The van der Waals surface area contributed by atoms with Gasteiger partial charge < -0.3 is 5.32 Å². The predicted molar refractivity (Wildman–Crippen MR) is 95.4 cm³/mol. The second-order valence-electron chi connectivity index (χ2n) is 4.49. The fraction of sp³-hybridized carbons (Fsp3) is 0.0588. The molecule has 0 amide bonds. The Hall–Kier alpha value is -2.11. The molecule has 2 rings (SSSR count). The summed E-state index contributed by atoms with van der Waals surface area (Å²) in [4.78, 5) is 1.10. The van der Waals surface area contributed by atoms with E-state index in [4.69, 9.17) is 33.7 Å². The SMILES string of the molecule is N#CC(C#N)=CNc1ccc(SCc2ccc(Cl)c(Cl)c2)cc1.